The Bertz CT molecular complexity index is 976. The minimum absolute atomic E-state index is 0.0908. The number of carbonyl (C=O) groups is 2. The maximum absolute atomic E-state index is 13.1. The first-order valence-electron chi connectivity index (χ1n) is 9.29. The first kappa shape index (κ1) is 19.4. The molecule has 8 heteroatoms. The summed E-state index contributed by atoms with van der Waals surface area (Å²) in [6.07, 6.45) is -3.72. The van der Waals surface area contributed by atoms with Gasteiger partial charge in [0.05, 0.1) is 12.2 Å². The molecule has 0 aliphatic carbocycles. The molecule has 0 bridgehead atoms. The summed E-state index contributed by atoms with van der Waals surface area (Å²) in [5.41, 5.74) is 0.106. The summed E-state index contributed by atoms with van der Waals surface area (Å²) in [6, 6.07) is 11.9. The first-order valence-corrected chi connectivity index (χ1v) is 9.29. The van der Waals surface area contributed by atoms with Crippen molar-refractivity contribution in [3.05, 3.63) is 70.8 Å². The van der Waals surface area contributed by atoms with E-state index in [-0.39, 0.29) is 12.2 Å². The molecule has 2 aromatic rings. The van der Waals surface area contributed by atoms with Gasteiger partial charge in [-0.1, -0.05) is 36.4 Å². The average Bonchev–Trinajstić information content (AvgIpc) is 2.91. The zero-order chi connectivity index (χ0) is 20.8. The fourth-order valence-electron chi connectivity index (χ4n) is 3.90. The van der Waals surface area contributed by atoms with Crippen molar-refractivity contribution in [2.45, 2.75) is 31.6 Å². The molecule has 1 fully saturated rings. The maximum Gasteiger partial charge on any atom is 0.416 e. The number of carbonyl (C=O) groups excluding carboxylic acids is 2. The summed E-state index contributed by atoms with van der Waals surface area (Å²) in [5.74, 6) is -0.555. The van der Waals surface area contributed by atoms with Crippen LogP contribution in [0.1, 0.15) is 29.2 Å². The summed E-state index contributed by atoms with van der Waals surface area (Å²) >= 11 is 0. The Balaban J connectivity index is 1.55. The molecule has 3 amide bonds. The SMILES string of the molecule is C[C@@]1(c2cccc(C(F)(F)F)c2)NC(=O)N(CN2CCc3ccccc3C2)C1=O. The molecule has 2 aromatic carbocycles. The van der Waals surface area contributed by atoms with Crippen LogP contribution in [-0.2, 0) is 29.5 Å². The summed E-state index contributed by atoms with van der Waals surface area (Å²) in [4.78, 5) is 28.6. The number of nitrogens with zero attached hydrogens (tertiary/aromatic N) is 2. The Hall–Kier alpha value is -2.87. The fourth-order valence-corrected chi connectivity index (χ4v) is 3.90. The van der Waals surface area contributed by atoms with Crippen molar-refractivity contribution in [2.24, 2.45) is 0 Å². The zero-order valence-electron chi connectivity index (χ0n) is 15.8. The molecule has 1 saturated heterocycles. The number of halogens is 3. The van der Waals surface area contributed by atoms with Gasteiger partial charge in [0.2, 0.25) is 0 Å². The predicted molar refractivity (Wildman–Crippen MR) is 99.6 cm³/mol. The lowest BCUT2D eigenvalue weighted by Crippen LogP contribution is -2.45. The van der Waals surface area contributed by atoms with E-state index in [1.54, 1.807) is 0 Å². The number of fused-ring (bicyclic) bond motifs is 1. The molecule has 152 valence electrons. The van der Waals surface area contributed by atoms with E-state index in [2.05, 4.69) is 11.4 Å². The number of benzene rings is 2. The van der Waals surface area contributed by atoms with Crippen LogP contribution in [0.2, 0.25) is 0 Å². The van der Waals surface area contributed by atoms with Crippen molar-refractivity contribution < 1.29 is 22.8 Å². The van der Waals surface area contributed by atoms with Crippen molar-refractivity contribution in [1.29, 1.82) is 0 Å². The molecule has 2 aliphatic heterocycles. The van der Waals surface area contributed by atoms with Gasteiger partial charge in [0.1, 0.15) is 5.54 Å². The third-order valence-electron chi connectivity index (χ3n) is 5.59. The number of imide groups is 1. The van der Waals surface area contributed by atoms with E-state index in [1.807, 2.05) is 23.1 Å². The van der Waals surface area contributed by atoms with Gasteiger partial charge in [0.25, 0.3) is 5.91 Å². The largest absolute Gasteiger partial charge is 0.416 e. The molecule has 1 N–H and O–H groups in total. The minimum atomic E-state index is -4.53. The molecular formula is C21H20F3N3O2. The Kier molecular flexibility index (Phi) is 4.61. The van der Waals surface area contributed by atoms with Crippen molar-refractivity contribution >= 4 is 11.9 Å². The van der Waals surface area contributed by atoms with Crippen LogP contribution < -0.4 is 5.32 Å². The number of hydrogen-bond acceptors (Lipinski definition) is 3. The van der Waals surface area contributed by atoms with E-state index >= 15 is 0 Å². The first-order chi connectivity index (χ1) is 13.7. The fraction of sp³-hybridized carbons (Fsp3) is 0.333. The van der Waals surface area contributed by atoms with Crippen LogP contribution in [0, 0.1) is 0 Å². The van der Waals surface area contributed by atoms with Crippen LogP contribution in [0.25, 0.3) is 0 Å². The molecule has 0 spiro atoms. The van der Waals surface area contributed by atoms with Gasteiger partial charge in [-0.15, -0.1) is 0 Å². The predicted octanol–water partition coefficient (Wildman–Crippen LogP) is 3.49. The van der Waals surface area contributed by atoms with Crippen LogP contribution in [0.4, 0.5) is 18.0 Å². The van der Waals surface area contributed by atoms with Crippen LogP contribution >= 0.6 is 0 Å². The van der Waals surface area contributed by atoms with Gasteiger partial charge in [-0.05, 0) is 42.2 Å². The number of nitrogens with one attached hydrogen (secondary N) is 1. The summed E-state index contributed by atoms with van der Waals surface area (Å²) in [7, 11) is 0. The van der Waals surface area contributed by atoms with E-state index < -0.39 is 29.2 Å². The van der Waals surface area contributed by atoms with Crippen LogP contribution in [0.3, 0.4) is 0 Å². The Morgan fingerprint density at radius 3 is 2.52 bits per heavy atom. The highest BCUT2D eigenvalue weighted by Crippen LogP contribution is 2.34. The average molecular weight is 403 g/mol. The highest BCUT2D eigenvalue weighted by atomic mass is 19.4. The molecule has 0 unspecified atom stereocenters. The van der Waals surface area contributed by atoms with Gasteiger partial charge in [0.15, 0.2) is 0 Å². The van der Waals surface area contributed by atoms with Crippen molar-refractivity contribution in [3.63, 3.8) is 0 Å². The van der Waals surface area contributed by atoms with Crippen molar-refractivity contribution in [2.75, 3.05) is 13.2 Å². The lowest BCUT2D eigenvalue weighted by atomic mass is 9.90. The van der Waals surface area contributed by atoms with Gasteiger partial charge in [-0.2, -0.15) is 13.2 Å². The third-order valence-corrected chi connectivity index (χ3v) is 5.59. The number of alkyl halides is 3. The van der Waals surface area contributed by atoms with Gasteiger partial charge in [0, 0.05) is 13.1 Å². The highest BCUT2D eigenvalue weighted by molar-refractivity contribution is 6.07. The minimum Gasteiger partial charge on any atom is -0.319 e. The third kappa shape index (κ3) is 3.48. The van der Waals surface area contributed by atoms with E-state index in [9.17, 15) is 22.8 Å². The van der Waals surface area contributed by atoms with E-state index in [0.29, 0.717) is 13.1 Å². The molecule has 2 aliphatic rings. The van der Waals surface area contributed by atoms with Crippen molar-refractivity contribution in [3.8, 4) is 0 Å². The van der Waals surface area contributed by atoms with Crippen molar-refractivity contribution in [1.82, 2.24) is 15.1 Å². The molecule has 0 radical (unpaired) electrons. The molecule has 0 saturated carbocycles. The molecular weight excluding hydrogens is 383 g/mol. The number of rotatable bonds is 3. The van der Waals surface area contributed by atoms with Gasteiger partial charge >= 0.3 is 12.2 Å². The summed E-state index contributed by atoms with van der Waals surface area (Å²) in [6.45, 7) is 2.82. The lowest BCUT2D eigenvalue weighted by Gasteiger charge is -2.31. The van der Waals surface area contributed by atoms with Crippen LogP contribution in [0.5, 0.6) is 0 Å². The number of amides is 3. The number of urea groups is 1. The van der Waals surface area contributed by atoms with E-state index in [0.717, 1.165) is 29.0 Å². The smallest absolute Gasteiger partial charge is 0.319 e. The molecule has 2 heterocycles. The second-order valence-corrected chi connectivity index (χ2v) is 7.58. The van der Waals surface area contributed by atoms with E-state index in [4.69, 9.17) is 0 Å². The molecule has 0 aromatic heterocycles. The second-order valence-electron chi connectivity index (χ2n) is 7.58. The van der Waals surface area contributed by atoms with Crippen LogP contribution in [-0.4, -0.2) is 35.0 Å². The molecule has 29 heavy (non-hydrogen) atoms. The normalized spacial score (nSPS) is 22.6. The quantitative estimate of drug-likeness (QED) is 0.799. The van der Waals surface area contributed by atoms with Gasteiger partial charge in [-0.3, -0.25) is 9.69 Å². The summed E-state index contributed by atoms with van der Waals surface area (Å²) in [5, 5.41) is 2.58. The molecule has 5 nitrogen and oxygen atoms in total. The molecule has 1 atom stereocenters. The van der Waals surface area contributed by atoms with E-state index in [1.165, 1.54) is 24.6 Å². The topological polar surface area (TPSA) is 52.7 Å². The Morgan fingerprint density at radius 1 is 1.07 bits per heavy atom. The zero-order valence-corrected chi connectivity index (χ0v) is 15.8. The summed E-state index contributed by atoms with van der Waals surface area (Å²) < 4.78 is 39.2. The van der Waals surface area contributed by atoms with Gasteiger partial charge in [-0.25, -0.2) is 9.69 Å². The maximum atomic E-state index is 13.1. The standard InChI is InChI=1S/C21H20F3N3O2/c1-20(16-7-4-8-17(11-16)21(22,23)24)18(28)27(19(29)25-20)13-26-10-9-14-5-2-3-6-15(14)12-26/h2-8,11H,9-10,12-13H2,1H3,(H,25,29)/t20-/m0/s1. The van der Waals surface area contributed by atoms with Gasteiger partial charge < -0.3 is 5.32 Å². The monoisotopic (exact) mass is 403 g/mol. The van der Waals surface area contributed by atoms with Crippen LogP contribution in [0.15, 0.2) is 48.5 Å². The Morgan fingerprint density at radius 2 is 1.79 bits per heavy atom. The highest BCUT2D eigenvalue weighted by Gasteiger charge is 2.50. The number of hydrogen-bond donors (Lipinski definition) is 1. The second kappa shape index (κ2) is 6.88. The lowest BCUT2D eigenvalue weighted by molar-refractivity contribution is -0.138. The Labute approximate surface area is 166 Å². The molecule has 4 rings (SSSR count).